The summed E-state index contributed by atoms with van der Waals surface area (Å²) in [5, 5.41) is 0.807. The number of nitrogens with zero attached hydrogens (tertiary/aromatic N) is 2. The maximum atomic E-state index is 5.22. The lowest BCUT2D eigenvalue weighted by Crippen LogP contribution is -2.25. The Labute approximate surface area is 117 Å². The van der Waals surface area contributed by atoms with Crippen LogP contribution in [0.25, 0.3) is 0 Å². The smallest absolute Gasteiger partial charge is 0.273 e. The summed E-state index contributed by atoms with van der Waals surface area (Å²) >= 11 is 1.70. The minimum Gasteiger partial charge on any atom is -0.473 e. The fourth-order valence-electron chi connectivity index (χ4n) is 2.47. The van der Waals surface area contributed by atoms with E-state index in [2.05, 4.69) is 40.2 Å². The molecule has 0 bridgehead atoms. The number of fused-ring (bicyclic) bond motifs is 1. The zero-order chi connectivity index (χ0) is 13.1. The van der Waals surface area contributed by atoms with Gasteiger partial charge in [-0.3, -0.25) is 4.90 Å². The van der Waals surface area contributed by atoms with Crippen LogP contribution in [0.5, 0.6) is 5.19 Å². The van der Waals surface area contributed by atoms with Crippen molar-refractivity contribution in [2.45, 2.75) is 19.4 Å². The zero-order valence-electron chi connectivity index (χ0n) is 11.1. The standard InChI is InChI=1S/C15H18N2OS/c1-18-15-16-13-7-9-17(10-8-14(13)19-15)11-12-5-3-2-4-6-12/h2-6H,7-11H2,1H3. The molecule has 19 heavy (non-hydrogen) atoms. The quantitative estimate of drug-likeness (QED) is 0.860. The van der Waals surface area contributed by atoms with Crippen molar-refractivity contribution in [2.24, 2.45) is 0 Å². The Bertz CT molecular complexity index is 513. The first-order chi connectivity index (χ1) is 9.35. The largest absolute Gasteiger partial charge is 0.473 e. The fourth-order valence-corrected chi connectivity index (χ4v) is 3.38. The molecule has 0 radical (unpaired) electrons. The second-order valence-corrected chi connectivity index (χ2v) is 5.86. The van der Waals surface area contributed by atoms with E-state index in [1.54, 1.807) is 18.4 Å². The van der Waals surface area contributed by atoms with Gasteiger partial charge in [-0.05, 0) is 12.0 Å². The van der Waals surface area contributed by atoms with Gasteiger partial charge in [-0.25, -0.2) is 4.98 Å². The number of aromatic nitrogens is 1. The summed E-state index contributed by atoms with van der Waals surface area (Å²) in [5.41, 5.74) is 2.62. The maximum Gasteiger partial charge on any atom is 0.273 e. The molecule has 2 aromatic rings. The lowest BCUT2D eigenvalue weighted by Gasteiger charge is -2.19. The average molecular weight is 274 g/mol. The Kier molecular flexibility index (Phi) is 3.80. The molecule has 0 saturated heterocycles. The number of hydrogen-bond acceptors (Lipinski definition) is 4. The number of ether oxygens (including phenoxy) is 1. The summed E-state index contributed by atoms with van der Waals surface area (Å²) in [6.45, 7) is 3.22. The molecular formula is C15H18N2OS. The number of rotatable bonds is 3. The minimum atomic E-state index is 0.807. The molecule has 0 amide bonds. The van der Waals surface area contributed by atoms with E-state index in [1.165, 1.54) is 16.1 Å². The third-order valence-corrected chi connectivity index (χ3v) is 4.62. The molecular weight excluding hydrogens is 256 g/mol. The van der Waals surface area contributed by atoms with Gasteiger partial charge in [0.05, 0.1) is 12.8 Å². The van der Waals surface area contributed by atoms with Crippen LogP contribution in [0.2, 0.25) is 0 Å². The van der Waals surface area contributed by atoms with Crippen LogP contribution in [-0.2, 0) is 19.4 Å². The Hall–Kier alpha value is -1.39. The Morgan fingerprint density at radius 1 is 1.21 bits per heavy atom. The first kappa shape index (κ1) is 12.6. The van der Waals surface area contributed by atoms with Crippen molar-refractivity contribution in [2.75, 3.05) is 20.2 Å². The average Bonchev–Trinajstić information content (AvgIpc) is 2.77. The molecule has 1 aromatic heterocycles. The summed E-state index contributed by atoms with van der Waals surface area (Å²) in [4.78, 5) is 8.45. The topological polar surface area (TPSA) is 25.4 Å². The van der Waals surface area contributed by atoms with Crippen molar-refractivity contribution in [1.82, 2.24) is 9.88 Å². The number of thiazole rings is 1. The zero-order valence-corrected chi connectivity index (χ0v) is 11.9. The van der Waals surface area contributed by atoms with Crippen molar-refractivity contribution in [3.05, 3.63) is 46.5 Å². The lowest BCUT2D eigenvalue weighted by molar-refractivity contribution is 0.279. The molecule has 0 aliphatic carbocycles. The molecule has 0 saturated carbocycles. The summed E-state index contributed by atoms with van der Waals surface area (Å²) in [7, 11) is 1.69. The number of hydrogen-bond donors (Lipinski definition) is 0. The minimum absolute atomic E-state index is 0.807. The Morgan fingerprint density at radius 3 is 2.79 bits per heavy atom. The molecule has 1 aliphatic rings. The van der Waals surface area contributed by atoms with Gasteiger partial charge in [-0.1, -0.05) is 41.7 Å². The van der Waals surface area contributed by atoms with Crippen LogP contribution < -0.4 is 4.74 Å². The van der Waals surface area contributed by atoms with Crippen LogP contribution in [0, 0.1) is 0 Å². The monoisotopic (exact) mass is 274 g/mol. The van der Waals surface area contributed by atoms with E-state index >= 15 is 0 Å². The van der Waals surface area contributed by atoms with Gasteiger partial charge in [0, 0.05) is 30.9 Å². The second-order valence-electron chi connectivity index (χ2n) is 4.82. The van der Waals surface area contributed by atoms with Gasteiger partial charge in [0.15, 0.2) is 0 Å². The van der Waals surface area contributed by atoms with E-state index in [9.17, 15) is 0 Å². The lowest BCUT2D eigenvalue weighted by atomic mass is 10.2. The molecule has 0 atom stereocenters. The van der Waals surface area contributed by atoms with Gasteiger partial charge >= 0.3 is 0 Å². The van der Waals surface area contributed by atoms with Crippen LogP contribution in [0.3, 0.4) is 0 Å². The Morgan fingerprint density at radius 2 is 2.00 bits per heavy atom. The molecule has 1 aromatic carbocycles. The van der Waals surface area contributed by atoms with Crippen LogP contribution in [0.15, 0.2) is 30.3 Å². The molecule has 0 unspecified atom stereocenters. The second kappa shape index (κ2) is 5.72. The molecule has 2 heterocycles. The van der Waals surface area contributed by atoms with Crippen LogP contribution in [0.1, 0.15) is 16.1 Å². The SMILES string of the molecule is COc1nc2c(s1)CCN(Cc1ccccc1)CC2. The van der Waals surface area contributed by atoms with Gasteiger partial charge in [0.1, 0.15) is 0 Å². The fraction of sp³-hybridized carbons (Fsp3) is 0.400. The Balaban J connectivity index is 1.65. The molecule has 0 N–H and O–H groups in total. The van der Waals surface area contributed by atoms with Gasteiger partial charge in [-0.2, -0.15) is 0 Å². The first-order valence-corrected chi connectivity index (χ1v) is 7.45. The van der Waals surface area contributed by atoms with E-state index in [0.717, 1.165) is 37.7 Å². The highest BCUT2D eigenvalue weighted by atomic mass is 32.1. The predicted molar refractivity (Wildman–Crippen MR) is 77.8 cm³/mol. The molecule has 3 rings (SSSR count). The van der Waals surface area contributed by atoms with Crippen LogP contribution >= 0.6 is 11.3 Å². The summed E-state index contributed by atoms with van der Waals surface area (Å²) < 4.78 is 5.22. The van der Waals surface area contributed by atoms with Crippen molar-refractivity contribution < 1.29 is 4.74 Å². The van der Waals surface area contributed by atoms with Gasteiger partial charge < -0.3 is 4.74 Å². The van der Waals surface area contributed by atoms with E-state index in [4.69, 9.17) is 4.74 Å². The third kappa shape index (κ3) is 2.96. The highest BCUT2D eigenvalue weighted by molar-refractivity contribution is 7.13. The molecule has 100 valence electrons. The first-order valence-electron chi connectivity index (χ1n) is 6.64. The van der Waals surface area contributed by atoms with E-state index in [0.29, 0.717) is 0 Å². The van der Waals surface area contributed by atoms with E-state index < -0.39 is 0 Å². The molecule has 3 nitrogen and oxygen atoms in total. The van der Waals surface area contributed by atoms with Crippen LogP contribution in [-0.4, -0.2) is 30.1 Å². The molecule has 0 fully saturated rings. The van der Waals surface area contributed by atoms with Crippen LogP contribution in [0.4, 0.5) is 0 Å². The van der Waals surface area contributed by atoms with Gasteiger partial charge in [-0.15, -0.1) is 0 Å². The van der Waals surface area contributed by atoms with Crippen molar-refractivity contribution in [3.63, 3.8) is 0 Å². The van der Waals surface area contributed by atoms with Crippen molar-refractivity contribution in [1.29, 1.82) is 0 Å². The molecule has 0 spiro atoms. The van der Waals surface area contributed by atoms with Gasteiger partial charge in [0.25, 0.3) is 5.19 Å². The van der Waals surface area contributed by atoms with E-state index in [-0.39, 0.29) is 0 Å². The summed E-state index contributed by atoms with van der Waals surface area (Å²) in [5.74, 6) is 0. The maximum absolute atomic E-state index is 5.22. The van der Waals surface area contributed by atoms with Crippen molar-refractivity contribution >= 4 is 11.3 Å². The summed E-state index contributed by atoms with van der Waals surface area (Å²) in [6, 6.07) is 10.7. The highest BCUT2D eigenvalue weighted by Gasteiger charge is 2.18. The predicted octanol–water partition coefficient (Wildman–Crippen LogP) is 2.75. The normalized spacial score (nSPS) is 15.8. The van der Waals surface area contributed by atoms with E-state index in [1.807, 2.05) is 0 Å². The van der Waals surface area contributed by atoms with Crippen molar-refractivity contribution in [3.8, 4) is 5.19 Å². The number of benzene rings is 1. The van der Waals surface area contributed by atoms with Gasteiger partial charge in [0.2, 0.25) is 0 Å². The molecule has 1 aliphatic heterocycles. The molecule has 4 heteroatoms. The third-order valence-electron chi connectivity index (χ3n) is 3.50. The summed E-state index contributed by atoms with van der Waals surface area (Å²) in [6.07, 6.45) is 2.12. The number of methoxy groups -OCH3 is 1. The highest BCUT2D eigenvalue weighted by Crippen LogP contribution is 2.27.